The quantitative estimate of drug-likeness (QED) is 0.903. The van der Waals surface area contributed by atoms with Crippen LogP contribution >= 0.6 is 15.9 Å². The summed E-state index contributed by atoms with van der Waals surface area (Å²) in [7, 11) is 0. The van der Waals surface area contributed by atoms with Crippen LogP contribution in [0.2, 0.25) is 0 Å². The van der Waals surface area contributed by atoms with E-state index in [1.54, 1.807) is 12.1 Å². The Balaban J connectivity index is 2.01. The first-order valence-corrected chi connectivity index (χ1v) is 7.12. The summed E-state index contributed by atoms with van der Waals surface area (Å²) in [4.78, 5) is 12.0. The molecule has 0 aliphatic heterocycles. The lowest BCUT2D eigenvalue weighted by molar-refractivity contribution is -0.118. The molecule has 20 heavy (non-hydrogen) atoms. The van der Waals surface area contributed by atoms with Gasteiger partial charge in [0.25, 0.3) is 0 Å². The molecule has 0 heterocycles. The van der Waals surface area contributed by atoms with Crippen LogP contribution in [0.15, 0.2) is 53.0 Å². The highest BCUT2D eigenvalue weighted by atomic mass is 79.9. The van der Waals surface area contributed by atoms with Crippen molar-refractivity contribution in [2.75, 3.05) is 0 Å². The summed E-state index contributed by atoms with van der Waals surface area (Å²) in [5.74, 6) is -0.365. The molecule has 0 fully saturated rings. The van der Waals surface area contributed by atoms with Gasteiger partial charge in [0.15, 0.2) is 0 Å². The molecule has 1 atom stereocenters. The van der Waals surface area contributed by atoms with E-state index in [-0.39, 0.29) is 30.5 Å². The SMILES string of the molecule is NC(CC(=O)Cc1cccc(F)c1Br)c1ccccc1. The summed E-state index contributed by atoms with van der Waals surface area (Å²) < 4.78 is 13.7. The normalized spacial score (nSPS) is 12.2. The lowest BCUT2D eigenvalue weighted by Crippen LogP contribution is -2.16. The Morgan fingerprint density at radius 3 is 2.55 bits per heavy atom. The number of halogens is 2. The van der Waals surface area contributed by atoms with E-state index in [0.717, 1.165) is 5.56 Å². The van der Waals surface area contributed by atoms with Crippen molar-refractivity contribution in [3.63, 3.8) is 0 Å². The van der Waals surface area contributed by atoms with Gasteiger partial charge >= 0.3 is 0 Å². The number of carbonyl (C=O) groups excluding carboxylic acids is 1. The molecule has 0 amide bonds. The highest BCUT2D eigenvalue weighted by molar-refractivity contribution is 9.10. The fraction of sp³-hybridized carbons (Fsp3) is 0.188. The smallest absolute Gasteiger partial charge is 0.139 e. The highest BCUT2D eigenvalue weighted by Crippen LogP contribution is 2.22. The maximum atomic E-state index is 13.4. The first-order chi connectivity index (χ1) is 9.58. The van der Waals surface area contributed by atoms with E-state index in [1.165, 1.54) is 6.07 Å². The van der Waals surface area contributed by atoms with Crippen LogP contribution in [0.1, 0.15) is 23.6 Å². The number of nitrogens with two attached hydrogens (primary N) is 1. The molecule has 2 nitrogen and oxygen atoms in total. The molecule has 104 valence electrons. The zero-order valence-electron chi connectivity index (χ0n) is 10.9. The van der Waals surface area contributed by atoms with Crippen LogP contribution in [0, 0.1) is 5.82 Å². The number of rotatable bonds is 5. The van der Waals surface area contributed by atoms with E-state index in [4.69, 9.17) is 5.73 Å². The Hall–Kier alpha value is -1.52. The van der Waals surface area contributed by atoms with Gasteiger partial charge in [0.2, 0.25) is 0 Å². The maximum Gasteiger partial charge on any atom is 0.139 e. The summed E-state index contributed by atoms with van der Waals surface area (Å²) in [5.41, 5.74) is 7.59. The van der Waals surface area contributed by atoms with Gasteiger partial charge < -0.3 is 5.73 Å². The summed E-state index contributed by atoms with van der Waals surface area (Å²) in [6, 6.07) is 13.8. The van der Waals surface area contributed by atoms with Crippen LogP contribution in [0.5, 0.6) is 0 Å². The zero-order valence-corrected chi connectivity index (χ0v) is 12.4. The average Bonchev–Trinajstić information content (AvgIpc) is 2.45. The topological polar surface area (TPSA) is 43.1 Å². The van der Waals surface area contributed by atoms with E-state index >= 15 is 0 Å². The molecule has 4 heteroatoms. The molecule has 0 bridgehead atoms. The van der Waals surface area contributed by atoms with Crippen molar-refractivity contribution in [3.05, 3.63) is 69.9 Å². The van der Waals surface area contributed by atoms with E-state index < -0.39 is 0 Å². The van der Waals surface area contributed by atoms with Gasteiger partial charge in [-0.2, -0.15) is 0 Å². The first-order valence-electron chi connectivity index (χ1n) is 6.33. The van der Waals surface area contributed by atoms with Gasteiger partial charge in [-0.3, -0.25) is 4.79 Å². The van der Waals surface area contributed by atoms with Crippen LogP contribution in [-0.4, -0.2) is 5.78 Å². The third-order valence-corrected chi connectivity index (χ3v) is 3.98. The van der Waals surface area contributed by atoms with Crippen LogP contribution in [0.3, 0.4) is 0 Å². The Morgan fingerprint density at radius 1 is 1.15 bits per heavy atom. The third kappa shape index (κ3) is 3.74. The largest absolute Gasteiger partial charge is 0.324 e. The number of Topliss-reactive ketones (excluding diaryl/α,β-unsaturated/α-hetero) is 1. The van der Waals surface area contributed by atoms with Gasteiger partial charge in [0.1, 0.15) is 11.6 Å². The summed E-state index contributed by atoms with van der Waals surface area (Å²) >= 11 is 3.16. The van der Waals surface area contributed by atoms with Gasteiger partial charge in [-0.1, -0.05) is 42.5 Å². The van der Waals surface area contributed by atoms with Gasteiger partial charge in [-0.25, -0.2) is 4.39 Å². The molecule has 0 aromatic heterocycles. The molecule has 0 radical (unpaired) electrons. The first kappa shape index (κ1) is 14.9. The molecule has 0 aliphatic carbocycles. The molecule has 0 spiro atoms. The molecule has 2 N–H and O–H groups in total. The van der Waals surface area contributed by atoms with Gasteiger partial charge in [0, 0.05) is 18.9 Å². The van der Waals surface area contributed by atoms with E-state index in [2.05, 4.69) is 15.9 Å². The van der Waals surface area contributed by atoms with Gasteiger partial charge in [-0.05, 0) is 33.1 Å². The molecular weight excluding hydrogens is 321 g/mol. The second-order valence-electron chi connectivity index (χ2n) is 4.65. The van der Waals surface area contributed by atoms with Crippen molar-refractivity contribution in [1.29, 1.82) is 0 Å². The summed E-state index contributed by atoms with van der Waals surface area (Å²) in [6.45, 7) is 0. The van der Waals surface area contributed by atoms with E-state index in [0.29, 0.717) is 10.0 Å². The van der Waals surface area contributed by atoms with E-state index in [9.17, 15) is 9.18 Å². The Bertz CT molecular complexity index is 601. The number of ketones is 1. The molecule has 2 aromatic rings. The van der Waals surface area contributed by atoms with Gasteiger partial charge in [-0.15, -0.1) is 0 Å². The molecule has 0 saturated heterocycles. The summed E-state index contributed by atoms with van der Waals surface area (Å²) in [5, 5.41) is 0. The minimum atomic E-state index is -0.359. The van der Waals surface area contributed by atoms with Crippen molar-refractivity contribution in [2.24, 2.45) is 5.73 Å². The van der Waals surface area contributed by atoms with Crippen molar-refractivity contribution < 1.29 is 9.18 Å². The Morgan fingerprint density at radius 2 is 1.85 bits per heavy atom. The number of hydrogen-bond donors (Lipinski definition) is 1. The Labute approximate surface area is 125 Å². The molecule has 1 unspecified atom stereocenters. The fourth-order valence-electron chi connectivity index (χ4n) is 2.03. The molecule has 2 aromatic carbocycles. The van der Waals surface area contributed by atoms with E-state index in [1.807, 2.05) is 30.3 Å². The second kappa shape index (κ2) is 6.77. The van der Waals surface area contributed by atoms with Crippen molar-refractivity contribution >= 4 is 21.7 Å². The van der Waals surface area contributed by atoms with Crippen LogP contribution in [-0.2, 0) is 11.2 Å². The zero-order chi connectivity index (χ0) is 14.5. The van der Waals surface area contributed by atoms with Crippen LogP contribution in [0.25, 0.3) is 0 Å². The maximum absolute atomic E-state index is 13.4. The van der Waals surface area contributed by atoms with Crippen molar-refractivity contribution in [1.82, 2.24) is 0 Å². The number of carbonyl (C=O) groups is 1. The molecule has 2 rings (SSSR count). The fourth-order valence-corrected chi connectivity index (χ4v) is 2.44. The average molecular weight is 336 g/mol. The summed E-state index contributed by atoms with van der Waals surface area (Å²) in [6.07, 6.45) is 0.422. The van der Waals surface area contributed by atoms with Crippen molar-refractivity contribution in [2.45, 2.75) is 18.9 Å². The molecular formula is C16H15BrFNO. The highest BCUT2D eigenvalue weighted by Gasteiger charge is 2.14. The predicted octanol–water partition coefficient (Wildman–Crippen LogP) is 3.79. The molecule has 0 aliphatic rings. The number of hydrogen-bond acceptors (Lipinski definition) is 2. The lowest BCUT2D eigenvalue weighted by atomic mass is 9.99. The van der Waals surface area contributed by atoms with Gasteiger partial charge in [0.05, 0.1) is 4.47 Å². The monoisotopic (exact) mass is 335 g/mol. The standard InChI is InChI=1S/C16H15BrFNO/c17-16-12(7-4-8-14(16)18)9-13(20)10-15(19)11-5-2-1-3-6-11/h1-8,15H,9-10,19H2. The minimum absolute atomic E-state index is 0.00680. The number of benzene rings is 2. The van der Waals surface area contributed by atoms with Crippen molar-refractivity contribution in [3.8, 4) is 0 Å². The third-order valence-electron chi connectivity index (χ3n) is 3.09. The molecule has 0 saturated carbocycles. The Kier molecular flexibility index (Phi) is 5.04. The second-order valence-corrected chi connectivity index (χ2v) is 5.44. The lowest BCUT2D eigenvalue weighted by Gasteiger charge is -2.11. The minimum Gasteiger partial charge on any atom is -0.324 e. The van der Waals surface area contributed by atoms with Crippen LogP contribution < -0.4 is 5.73 Å². The van der Waals surface area contributed by atoms with Crippen LogP contribution in [0.4, 0.5) is 4.39 Å². The predicted molar refractivity (Wildman–Crippen MR) is 80.8 cm³/mol.